The highest BCUT2D eigenvalue weighted by atomic mass is 32.2. The Kier molecular flexibility index (Phi) is 7.30. The van der Waals surface area contributed by atoms with E-state index in [1.807, 2.05) is 20.8 Å². The third kappa shape index (κ3) is 6.26. The van der Waals surface area contributed by atoms with Crippen LogP contribution in [0.15, 0.2) is 34.3 Å². The number of amides is 1. The molecule has 0 aromatic heterocycles. The molecule has 1 fully saturated rings. The molecule has 0 saturated heterocycles. The topological polar surface area (TPSA) is 137 Å². The Morgan fingerprint density at radius 1 is 1.21 bits per heavy atom. The number of rotatable bonds is 8. The summed E-state index contributed by atoms with van der Waals surface area (Å²) in [6, 6.07) is 3.96. The van der Waals surface area contributed by atoms with Gasteiger partial charge in [0, 0.05) is 12.2 Å². The van der Waals surface area contributed by atoms with Gasteiger partial charge in [0.1, 0.15) is 11.3 Å². The number of sulfonamides is 1. The van der Waals surface area contributed by atoms with Crippen molar-refractivity contribution in [1.82, 2.24) is 4.90 Å². The van der Waals surface area contributed by atoms with Gasteiger partial charge in [-0.3, -0.25) is 14.1 Å². The summed E-state index contributed by atoms with van der Waals surface area (Å²) in [6.07, 6.45) is 3.70. The van der Waals surface area contributed by atoms with Crippen molar-refractivity contribution < 1.29 is 27.4 Å². The van der Waals surface area contributed by atoms with Crippen LogP contribution in [0, 0.1) is 16.7 Å². The Balaban J connectivity index is 1.77. The molecule has 3 N–H and O–H groups in total. The summed E-state index contributed by atoms with van der Waals surface area (Å²) in [7, 11) is -7.48. The van der Waals surface area contributed by atoms with E-state index in [4.69, 9.17) is 4.52 Å². The summed E-state index contributed by atoms with van der Waals surface area (Å²) in [5.74, 6) is -0.217. The minimum Gasteiger partial charge on any atom is -0.509 e. The SMILES string of the molecule is CC(C)(C)CCN1C(=O)C(C2=NP(=O)(OCC3CC3)c3cc(NS(C)(=O)=O)ccc3N2)=C(O)[C@@H]1C(C)(C)C. The van der Waals surface area contributed by atoms with Crippen LogP contribution >= 0.6 is 7.52 Å². The van der Waals surface area contributed by atoms with Crippen LogP contribution in [0.4, 0.5) is 11.4 Å². The van der Waals surface area contributed by atoms with Gasteiger partial charge in [-0.1, -0.05) is 41.5 Å². The zero-order valence-electron chi connectivity index (χ0n) is 23.2. The quantitative estimate of drug-likeness (QED) is 0.390. The van der Waals surface area contributed by atoms with E-state index in [9.17, 15) is 22.9 Å². The molecule has 2 atom stereocenters. The van der Waals surface area contributed by atoms with E-state index < -0.39 is 29.0 Å². The number of benzene rings is 1. The van der Waals surface area contributed by atoms with Crippen LogP contribution in [-0.2, 0) is 23.9 Å². The van der Waals surface area contributed by atoms with Crippen LogP contribution in [0.1, 0.15) is 60.8 Å². The van der Waals surface area contributed by atoms with Gasteiger partial charge in [-0.15, -0.1) is 0 Å². The lowest BCUT2D eigenvalue weighted by molar-refractivity contribution is -0.128. The van der Waals surface area contributed by atoms with Gasteiger partial charge in [-0.05, 0) is 54.2 Å². The number of nitrogens with one attached hydrogen (secondary N) is 2. The van der Waals surface area contributed by atoms with Crippen molar-refractivity contribution in [3.8, 4) is 0 Å². The maximum atomic E-state index is 14.2. The Morgan fingerprint density at radius 2 is 1.87 bits per heavy atom. The number of aliphatic hydroxyl groups excluding tert-OH is 1. The summed E-state index contributed by atoms with van der Waals surface area (Å²) in [4.78, 5) is 15.5. The van der Waals surface area contributed by atoms with Crippen LogP contribution in [0.25, 0.3) is 0 Å². The normalized spacial score (nSPS) is 24.3. The lowest BCUT2D eigenvalue weighted by Gasteiger charge is -2.36. The highest BCUT2D eigenvalue weighted by molar-refractivity contribution is 7.92. The smallest absolute Gasteiger partial charge is 0.348 e. The van der Waals surface area contributed by atoms with E-state index in [-0.39, 0.29) is 52.0 Å². The molecule has 1 aromatic carbocycles. The minimum absolute atomic E-state index is 0.00420. The van der Waals surface area contributed by atoms with Crippen molar-refractivity contribution in [3.63, 3.8) is 0 Å². The van der Waals surface area contributed by atoms with Gasteiger partial charge in [0.25, 0.3) is 5.91 Å². The molecule has 1 saturated carbocycles. The number of hydrogen-bond acceptors (Lipinski definition) is 7. The molecule has 210 valence electrons. The number of aliphatic hydroxyl groups is 1. The number of fused-ring (bicyclic) bond motifs is 1. The van der Waals surface area contributed by atoms with E-state index in [1.165, 1.54) is 12.1 Å². The second-order valence-corrected chi connectivity index (χ2v) is 16.5. The van der Waals surface area contributed by atoms with Crippen LogP contribution in [0.3, 0.4) is 0 Å². The predicted octanol–water partition coefficient (Wildman–Crippen LogP) is 4.63. The monoisotopic (exact) mass is 566 g/mol. The number of carbonyl (C=O) groups excluding carboxylic acids is 1. The lowest BCUT2D eigenvalue weighted by atomic mass is 9.84. The second-order valence-electron chi connectivity index (χ2n) is 12.8. The van der Waals surface area contributed by atoms with Gasteiger partial charge in [0.05, 0.1) is 29.9 Å². The third-order valence-electron chi connectivity index (χ3n) is 6.73. The van der Waals surface area contributed by atoms with Gasteiger partial charge >= 0.3 is 7.52 Å². The first-order valence-electron chi connectivity index (χ1n) is 12.9. The molecule has 2 heterocycles. The van der Waals surface area contributed by atoms with Gasteiger partial charge in [0.2, 0.25) is 10.0 Å². The maximum Gasteiger partial charge on any atom is 0.348 e. The Bertz CT molecular complexity index is 1350. The molecular weight excluding hydrogens is 527 g/mol. The summed E-state index contributed by atoms with van der Waals surface area (Å²) in [5.41, 5.74) is 0.0946. The van der Waals surface area contributed by atoms with E-state index in [2.05, 4.69) is 35.6 Å². The number of hydrogen-bond donors (Lipinski definition) is 3. The molecule has 10 nitrogen and oxygen atoms in total. The highest BCUT2D eigenvalue weighted by Crippen LogP contribution is 2.54. The molecule has 0 spiro atoms. The second kappa shape index (κ2) is 9.68. The fourth-order valence-electron chi connectivity index (χ4n) is 4.63. The molecule has 1 aliphatic carbocycles. The molecule has 4 rings (SSSR count). The van der Waals surface area contributed by atoms with Crippen molar-refractivity contribution in [2.75, 3.05) is 29.4 Å². The molecule has 1 aromatic rings. The largest absolute Gasteiger partial charge is 0.509 e. The fraction of sp³-hybridized carbons (Fsp3) is 0.615. The van der Waals surface area contributed by atoms with Gasteiger partial charge in [-0.2, -0.15) is 4.76 Å². The lowest BCUT2D eigenvalue weighted by Crippen LogP contribution is -2.45. The number of carbonyl (C=O) groups is 1. The standard InChI is InChI=1S/C26H39N4O6PS/c1-25(2,3)12-13-30-22(26(4,5)6)21(31)20(24(30)32)23-27-18-11-10-17(29-38(7,34)35)14-19(18)37(33,28-23)36-15-16-8-9-16/h10-11,14,16,22,29,31H,8-9,12-13,15H2,1-7H3,(H,27,28,33)/t22-,37?/m1/s1. The molecule has 38 heavy (non-hydrogen) atoms. The average molecular weight is 567 g/mol. The predicted molar refractivity (Wildman–Crippen MR) is 151 cm³/mol. The first kappa shape index (κ1) is 28.6. The summed E-state index contributed by atoms with van der Waals surface area (Å²) in [6.45, 7) is 12.8. The Hall–Kier alpha value is -2.36. The maximum absolute atomic E-state index is 14.2. The van der Waals surface area contributed by atoms with Crippen LogP contribution < -0.4 is 15.3 Å². The summed E-state index contributed by atoms with van der Waals surface area (Å²) < 4.78 is 50.5. The van der Waals surface area contributed by atoms with Crippen molar-refractivity contribution in [1.29, 1.82) is 0 Å². The van der Waals surface area contributed by atoms with E-state index >= 15 is 0 Å². The Labute approximate surface area is 225 Å². The van der Waals surface area contributed by atoms with E-state index in [0.717, 1.165) is 25.5 Å². The summed E-state index contributed by atoms with van der Waals surface area (Å²) >= 11 is 0. The number of anilines is 2. The van der Waals surface area contributed by atoms with Gasteiger partial charge in [0.15, 0.2) is 5.84 Å². The van der Waals surface area contributed by atoms with Gasteiger partial charge < -0.3 is 19.8 Å². The van der Waals surface area contributed by atoms with Gasteiger partial charge in [-0.25, -0.2) is 8.42 Å². The van der Waals surface area contributed by atoms with Crippen LogP contribution in [-0.4, -0.2) is 55.6 Å². The molecule has 0 bridgehead atoms. The Morgan fingerprint density at radius 3 is 2.42 bits per heavy atom. The average Bonchev–Trinajstić information content (AvgIpc) is 3.53. The highest BCUT2D eigenvalue weighted by Gasteiger charge is 2.49. The van der Waals surface area contributed by atoms with Crippen molar-refractivity contribution in [2.45, 2.75) is 66.8 Å². The molecule has 1 amide bonds. The molecule has 0 radical (unpaired) electrons. The molecule has 3 aliphatic rings. The molecule has 12 heteroatoms. The molecule has 1 unspecified atom stereocenters. The first-order valence-corrected chi connectivity index (χ1v) is 16.3. The zero-order chi connectivity index (χ0) is 28.3. The molecule has 2 aliphatic heterocycles. The number of nitrogens with zero attached hydrogens (tertiary/aromatic N) is 2. The first-order chi connectivity index (χ1) is 17.4. The minimum atomic E-state index is -3.92. The third-order valence-corrected chi connectivity index (χ3v) is 9.28. The van der Waals surface area contributed by atoms with Crippen LogP contribution in [0.5, 0.6) is 0 Å². The zero-order valence-corrected chi connectivity index (χ0v) is 24.9. The van der Waals surface area contributed by atoms with Crippen LogP contribution in [0.2, 0.25) is 0 Å². The fourth-order valence-corrected chi connectivity index (χ4v) is 7.05. The summed E-state index contributed by atoms with van der Waals surface area (Å²) in [5, 5.41) is 14.7. The molecular formula is C26H39N4O6PS. The van der Waals surface area contributed by atoms with E-state index in [0.29, 0.717) is 12.2 Å². The van der Waals surface area contributed by atoms with Crippen molar-refractivity contribution in [3.05, 3.63) is 29.5 Å². The van der Waals surface area contributed by atoms with Crippen molar-refractivity contribution in [2.24, 2.45) is 21.5 Å². The van der Waals surface area contributed by atoms with E-state index in [1.54, 1.807) is 11.0 Å². The number of amidine groups is 1. The van der Waals surface area contributed by atoms with Crippen molar-refractivity contribution >= 4 is 46.0 Å².